The first-order valence-corrected chi connectivity index (χ1v) is 7.87. The summed E-state index contributed by atoms with van der Waals surface area (Å²) in [4.78, 5) is 48.2. The third kappa shape index (κ3) is 4.94. The van der Waals surface area contributed by atoms with Crippen LogP contribution in [-0.4, -0.2) is 57.4 Å². The Labute approximate surface area is 178 Å². The molecule has 29 heavy (non-hydrogen) atoms. The summed E-state index contributed by atoms with van der Waals surface area (Å²) in [5, 5.41) is 20.1. The number of hydrogen-bond donors (Lipinski definition) is 5. The summed E-state index contributed by atoms with van der Waals surface area (Å²) in [5.74, 6) is -3.02. The number of amides is 4. The van der Waals surface area contributed by atoms with E-state index in [-0.39, 0.29) is 30.6 Å². The first-order chi connectivity index (χ1) is 12.5. The van der Waals surface area contributed by atoms with E-state index in [1.807, 2.05) is 0 Å². The fraction of sp³-hybridized carbons (Fsp3) is 0.312. The van der Waals surface area contributed by atoms with Crippen LogP contribution in [0.25, 0.3) is 0 Å². The third-order valence-corrected chi connectivity index (χ3v) is 4.23. The Balaban J connectivity index is 0.00000392. The van der Waals surface area contributed by atoms with E-state index < -0.39 is 41.9 Å². The Kier molecular flexibility index (Phi) is 8.59. The lowest BCUT2D eigenvalue weighted by Crippen LogP contribution is -2.55. The lowest BCUT2D eigenvalue weighted by molar-refractivity contribution is -0.157. The molecular formula is C16H22Cl2N6O5. The van der Waals surface area contributed by atoms with Crippen molar-refractivity contribution >= 4 is 54.5 Å². The maximum absolute atomic E-state index is 12.9. The zero-order valence-corrected chi connectivity index (χ0v) is 17.2. The Hall–Kier alpha value is -2.89. The molecule has 0 radical (unpaired) electrons. The van der Waals surface area contributed by atoms with E-state index in [1.165, 1.54) is 31.2 Å². The molecule has 2 rings (SSSR count). The summed E-state index contributed by atoms with van der Waals surface area (Å²) in [6.45, 7) is 1.99. The highest BCUT2D eigenvalue weighted by atomic mass is 35.5. The Morgan fingerprint density at radius 1 is 1.28 bits per heavy atom. The van der Waals surface area contributed by atoms with E-state index >= 15 is 0 Å². The minimum atomic E-state index is -1.49. The number of hydrazine groups is 1. The normalized spacial score (nSPS) is 18.8. The van der Waals surface area contributed by atoms with Gasteiger partial charge in [-0.15, -0.1) is 24.8 Å². The number of nitrogens with one attached hydrogen (secondary N) is 2. The number of carboxylic acids is 1. The number of urea groups is 1. The Morgan fingerprint density at radius 3 is 2.21 bits per heavy atom. The largest absolute Gasteiger partial charge is 0.480 e. The van der Waals surface area contributed by atoms with Gasteiger partial charge in [0.25, 0.3) is 5.91 Å². The molecule has 1 aliphatic rings. The van der Waals surface area contributed by atoms with Crippen LogP contribution in [0.1, 0.15) is 25.0 Å². The van der Waals surface area contributed by atoms with Crippen molar-refractivity contribution < 1.29 is 24.3 Å². The molecule has 1 saturated heterocycles. The van der Waals surface area contributed by atoms with Crippen LogP contribution in [0.5, 0.6) is 0 Å². The highest BCUT2D eigenvalue weighted by molar-refractivity contribution is 6.08. The average molecular weight is 449 g/mol. The molecule has 2 atom stereocenters. The standard InChI is InChI=1S/C16H20N6O5.2ClH/c1-8(23)21(7-11(17)13(24)25)22-14(26)16(2,20-15(22)27)10-5-3-9(4-6-10)12(18)19;;/h3-6,11H,7,17H2,1-2H3,(H3,18,19)(H,20,27)(H,24,25);2*1H. The van der Waals surface area contributed by atoms with Crippen molar-refractivity contribution in [2.75, 3.05) is 6.54 Å². The number of amidine groups is 1. The van der Waals surface area contributed by atoms with E-state index in [1.54, 1.807) is 0 Å². The number of carbonyl (C=O) groups is 4. The summed E-state index contributed by atoms with van der Waals surface area (Å²) >= 11 is 0. The molecule has 0 spiro atoms. The van der Waals surface area contributed by atoms with Gasteiger partial charge < -0.3 is 21.9 Å². The first-order valence-electron chi connectivity index (χ1n) is 7.87. The van der Waals surface area contributed by atoms with Crippen LogP contribution in [0.2, 0.25) is 0 Å². The smallest absolute Gasteiger partial charge is 0.344 e. The second-order valence-electron chi connectivity index (χ2n) is 6.21. The van der Waals surface area contributed by atoms with E-state index in [0.717, 1.165) is 6.92 Å². The number of aliphatic carboxylic acids is 1. The molecule has 1 aromatic carbocycles. The van der Waals surface area contributed by atoms with Crippen molar-refractivity contribution in [2.24, 2.45) is 11.5 Å². The summed E-state index contributed by atoms with van der Waals surface area (Å²) in [6, 6.07) is 3.74. The van der Waals surface area contributed by atoms with Gasteiger partial charge in [0.1, 0.15) is 17.4 Å². The second-order valence-corrected chi connectivity index (χ2v) is 6.21. The molecule has 4 amide bonds. The van der Waals surface area contributed by atoms with Crippen molar-refractivity contribution in [3.05, 3.63) is 35.4 Å². The van der Waals surface area contributed by atoms with E-state index in [0.29, 0.717) is 21.1 Å². The van der Waals surface area contributed by atoms with Gasteiger partial charge in [0.15, 0.2) is 0 Å². The average Bonchev–Trinajstić information content (AvgIpc) is 2.82. The number of rotatable bonds is 6. The zero-order valence-electron chi connectivity index (χ0n) is 15.5. The maximum Gasteiger partial charge on any atom is 0.344 e. The van der Waals surface area contributed by atoms with Crippen molar-refractivity contribution in [2.45, 2.75) is 25.4 Å². The number of benzene rings is 1. The van der Waals surface area contributed by atoms with Crippen LogP contribution in [-0.2, 0) is 19.9 Å². The molecule has 0 bridgehead atoms. The molecule has 1 fully saturated rings. The molecule has 0 saturated carbocycles. The van der Waals surface area contributed by atoms with Gasteiger partial charge in [0.2, 0.25) is 5.91 Å². The van der Waals surface area contributed by atoms with Crippen LogP contribution in [0.3, 0.4) is 0 Å². The molecule has 11 nitrogen and oxygen atoms in total. The Morgan fingerprint density at radius 2 is 1.79 bits per heavy atom. The van der Waals surface area contributed by atoms with Gasteiger partial charge in [-0.25, -0.2) is 9.80 Å². The predicted octanol–water partition coefficient (Wildman–Crippen LogP) is -0.243. The molecule has 13 heteroatoms. The van der Waals surface area contributed by atoms with Crippen LogP contribution in [0.4, 0.5) is 4.79 Å². The monoisotopic (exact) mass is 448 g/mol. The lowest BCUT2D eigenvalue weighted by atomic mass is 9.91. The summed E-state index contributed by atoms with van der Waals surface area (Å²) in [7, 11) is 0. The topological polar surface area (TPSA) is 183 Å². The SMILES string of the molecule is CC(=O)N(CC(N)C(=O)O)N1C(=O)NC(C)(c2ccc(C(=N)N)cc2)C1=O.Cl.Cl. The van der Waals surface area contributed by atoms with Crippen LogP contribution in [0, 0.1) is 5.41 Å². The van der Waals surface area contributed by atoms with Crippen molar-refractivity contribution in [3.63, 3.8) is 0 Å². The molecule has 1 aromatic rings. The van der Waals surface area contributed by atoms with Gasteiger partial charge >= 0.3 is 12.0 Å². The van der Waals surface area contributed by atoms with Crippen molar-refractivity contribution in [3.8, 4) is 0 Å². The molecule has 0 aromatic heterocycles. The molecule has 7 N–H and O–H groups in total. The van der Waals surface area contributed by atoms with Gasteiger partial charge in [-0.2, -0.15) is 5.01 Å². The zero-order chi connectivity index (χ0) is 20.5. The quantitative estimate of drug-likeness (QED) is 0.225. The molecule has 160 valence electrons. The molecule has 1 aliphatic heterocycles. The fourth-order valence-corrected chi connectivity index (χ4v) is 2.64. The minimum Gasteiger partial charge on any atom is -0.480 e. The summed E-state index contributed by atoms with van der Waals surface area (Å²) in [6.07, 6.45) is 0. The van der Waals surface area contributed by atoms with Gasteiger partial charge in [-0.3, -0.25) is 19.8 Å². The van der Waals surface area contributed by atoms with E-state index in [9.17, 15) is 19.2 Å². The maximum atomic E-state index is 12.9. The van der Waals surface area contributed by atoms with Crippen molar-refractivity contribution in [1.29, 1.82) is 5.41 Å². The number of carbonyl (C=O) groups excluding carboxylic acids is 3. The summed E-state index contributed by atoms with van der Waals surface area (Å²) in [5.41, 5.74) is 10.2. The number of imide groups is 1. The molecule has 1 heterocycles. The number of halogens is 2. The van der Waals surface area contributed by atoms with E-state index in [2.05, 4.69) is 5.32 Å². The van der Waals surface area contributed by atoms with E-state index in [4.69, 9.17) is 22.0 Å². The first kappa shape index (κ1) is 26.1. The van der Waals surface area contributed by atoms with Crippen LogP contribution >= 0.6 is 24.8 Å². The number of hydrogen-bond acceptors (Lipinski definition) is 6. The lowest BCUT2D eigenvalue weighted by Gasteiger charge is -2.30. The van der Waals surface area contributed by atoms with Gasteiger partial charge in [0.05, 0.1) is 6.54 Å². The van der Waals surface area contributed by atoms with Gasteiger partial charge in [0, 0.05) is 12.5 Å². The number of nitrogen functional groups attached to an aromatic ring is 1. The van der Waals surface area contributed by atoms with Crippen LogP contribution < -0.4 is 16.8 Å². The molecule has 0 aliphatic carbocycles. The number of nitrogens with two attached hydrogens (primary N) is 2. The predicted molar refractivity (Wildman–Crippen MR) is 108 cm³/mol. The summed E-state index contributed by atoms with van der Waals surface area (Å²) < 4.78 is 0. The second kappa shape index (κ2) is 9.54. The highest BCUT2D eigenvalue weighted by Gasteiger charge is 2.52. The minimum absolute atomic E-state index is 0. The highest BCUT2D eigenvalue weighted by Crippen LogP contribution is 2.30. The van der Waals surface area contributed by atoms with Crippen molar-refractivity contribution in [1.82, 2.24) is 15.3 Å². The Bertz CT molecular complexity index is 834. The molecular weight excluding hydrogens is 427 g/mol. The number of nitrogens with zero attached hydrogens (tertiary/aromatic N) is 2. The fourth-order valence-electron chi connectivity index (χ4n) is 2.64. The number of carboxylic acid groups (broad SMARTS) is 1. The third-order valence-electron chi connectivity index (χ3n) is 4.23. The van der Waals surface area contributed by atoms with Gasteiger partial charge in [-0.05, 0) is 12.5 Å². The molecule has 2 unspecified atom stereocenters. The van der Waals surface area contributed by atoms with Gasteiger partial charge in [-0.1, -0.05) is 24.3 Å². The van der Waals surface area contributed by atoms with Crippen LogP contribution in [0.15, 0.2) is 24.3 Å².